The third-order valence-corrected chi connectivity index (χ3v) is 4.44. The van der Waals surface area contributed by atoms with E-state index in [0.29, 0.717) is 20.6 Å². The number of carbonyl (C=O) groups excluding carboxylic acids is 1. The van der Waals surface area contributed by atoms with Crippen molar-refractivity contribution in [1.82, 2.24) is 14.8 Å². The first-order valence-corrected chi connectivity index (χ1v) is 8.48. The standard InChI is InChI=1S/C17H9Cl4N3O/c18-11-2-1-10(14(20)6-11)5-16(24-9-22-8-23-24)17(25)13-4-3-12(19)7-15(13)21/h1-9H/b16-5+. The van der Waals surface area contributed by atoms with Gasteiger partial charge in [0.15, 0.2) is 0 Å². The van der Waals surface area contributed by atoms with Crippen LogP contribution in [0.4, 0.5) is 0 Å². The van der Waals surface area contributed by atoms with E-state index < -0.39 is 0 Å². The highest BCUT2D eigenvalue weighted by molar-refractivity contribution is 6.40. The third kappa shape index (κ3) is 4.05. The maximum atomic E-state index is 13.0. The van der Waals surface area contributed by atoms with E-state index in [9.17, 15) is 4.79 Å². The Kier molecular flexibility index (Phi) is 5.45. The number of halogens is 4. The van der Waals surface area contributed by atoms with Crippen molar-refractivity contribution in [2.45, 2.75) is 0 Å². The molecule has 0 fully saturated rings. The topological polar surface area (TPSA) is 47.8 Å². The molecule has 1 heterocycles. The van der Waals surface area contributed by atoms with Crippen LogP contribution in [0.2, 0.25) is 20.1 Å². The third-order valence-electron chi connectivity index (χ3n) is 3.33. The highest BCUT2D eigenvalue weighted by atomic mass is 35.5. The summed E-state index contributed by atoms with van der Waals surface area (Å²) in [5.74, 6) is -0.349. The zero-order chi connectivity index (χ0) is 18.0. The molecule has 126 valence electrons. The number of ketones is 1. The van der Waals surface area contributed by atoms with Crippen molar-refractivity contribution in [3.05, 3.63) is 80.3 Å². The van der Waals surface area contributed by atoms with Crippen molar-refractivity contribution in [3.63, 3.8) is 0 Å². The summed E-state index contributed by atoms with van der Waals surface area (Å²) in [6.45, 7) is 0. The Bertz CT molecular complexity index is 968. The first kappa shape index (κ1) is 18.0. The summed E-state index contributed by atoms with van der Waals surface area (Å²) in [6.07, 6.45) is 4.34. The van der Waals surface area contributed by atoms with Crippen molar-refractivity contribution in [2.24, 2.45) is 0 Å². The molecule has 0 aliphatic rings. The fourth-order valence-electron chi connectivity index (χ4n) is 2.15. The molecule has 25 heavy (non-hydrogen) atoms. The number of Topliss-reactive ketones (excluding diaryl/α,β-unsaturated/α-hetero) is 1. The largest absolute Gasteiger partial charge is 0.287 e. The highest BCUT2D eigenvalue weighted by Crippen LogP contribution is 2.28. The molecule has 3 aromatic rings. The van der Waals surface area contributed by atoms with Gasteiger partial charge in [-0.05, 0) is 42.0 Å². The maximum absolute atomic E-state index is 13.0. The molecule has 8 heteroatoms. The van der Waals surface area contributed by atoms with Crippen molar-refractivity contribution in [1.29, 1.82) is 0 Å². The predicted octanol–water partition coefficient (Wildman–Crippen LogP) is 5.77. The van der Waals surface area contributed by atoms with E-state index in [1.807, 2.05) is 0 Å². The van der Waals surface area contributed by atoms with E-state index in [4.69, 9.17) is 46.4 Å². The molecule has 0 amide bonds. The lowest BCUT2D eigenvalue weighted by atomic mass is 10.1. The summed E-state index contributed by atoms with van der Waals surface area (Å²) >= 11 is 24.2. The number of benzene rings is 2. The Hall–Kier alpha value is -1.85. The molecule has 0 unspecified atom stereocenters. The van der Waals surface area contributed by atoms with Crippen LogP contribution in [0.15, 0.2) is 49.1 Å². The summed E-state index contributed by atoms with van der Waals surface area (Å²) in [7, 11) is 0. The maximum Gasteiger partial charge on any atom is 0.212 e. The Balaban J connectivity index is 2.12. The molecule has 0 spiro atoms. The quantitative estimate of drug-likeness (QED) is 0.403. The molecule has 0 bridgehead atoms. The fourth-order valence-corrected chi connectivity index (χ4v) is 3.10. The lowest BCUT2D eigenvalue weighted by molar-refractivity contribution is 0.105. The number of carbonyl (C=O) groups is 1. The second-order valence-corrected chi connectivity index (χ2v) is 6.68. The summed E-state index contributed by atoms with van der Waals surface area (Å²) in [5.41, 5.74) is 1.12. The van der Waals surface area contributed by atoms with Gasteiger partial charge >= 0.3 is 0 Å². The summed E-state index contributed by atoms with van der Waals surface area (Å²) in [5, 5.41) is 5.61. The fraction of sp³-hybridized carbons (Fsp3) is 0. The number of allylic oxidation sites excluding steroid dienone is 1. The van der Waals surface area contributed by atoms with Gasteiger partial charge in [-0.3, -0.25) is 4.79 Å². The minimum atomic E-state index is -0.349. The van der Waals surface area contributed by atoms with Crippen LogP contribution < -0.4 is 0 Å². The zero-order valence-corrected chi connectivity index (χ0v) is 15.5. The molecule has 0 radical (unpaired) electrons. The van der Waals surface area contributed by atoms with Crippen LogP contribution in [0.25, 0.3) is 11.8 Å². The van der Waals surface area contributed by atoms with E-state index in [2.05, 4.69) is 10.1 Å². The number of aromatic nitrogens is 3. The lowest BCUT2D eigenvalue weighted by Crippen LogP contribution is -2.10. The summed E-state index contributed by atoms with van der Waals surface area (Å²) in [6, 6.07) is 9.63. The Morgan fingerprint density at radius 1 is 0.960 bits per heavy atom. The van der Waals surface area contributed by atoms with Crippen LogP contribution in [-0.2, 0) is 0 Å². The van der Waals surface area contributed by atoms with Gasteiger partial charge in [0.25, 0.3) is 0 Å². The lowest BCUT2D eigenvalue weighted by Gasteiger charge is -2.09. The van der Waals surface area contributed by atoms with E-state index in [1.165, 1.54) is 23.4 Å². The average molecular weight is 413 g/mol. The number of hydrogen-bond donors (Lipinski definition) is 0. The van der Waals surface area contributed by atoms with E-state index in [-0.39, 0.29) is 22.1 Å². The second-order valence-electron chi connectivity index (χ2n) is 4.99. The van der Waals surface area contributed by atoms with Crippen LogP contribution in [0.1, 0.15) is 15.9 Å². The first-order chi connectivity index (χ1) is 12.0. The predicted molar refractivity (Wildman–Crippen MR) is 101 cm³/mol. The second kappa shape index (κ2) is 7.58. The van der Waals surface area contributed by atoms with E-state index >= 15 is 0 Å². The zero-order valence-electron chi connectivity index (χ0n) is 12.5. The smallest absolute Gasteiger partial charge is 0.212 e. The molecule has 4 nitrogen and oxygen atoms in total. The number of rotatable bonds is 4. The minimum Gasteiger partial charge on any atom is -0.287 e. The minimum absolute atomic E-state index is 0.228. The van der Waals surface area contributed by atoms with E-state index in [0.717, 1.165) is 0 Å². The molecule has 0 aliphatic heterocycles. The monoisotopic (exact) mass is 411 g/mol. The number of hydrogen-bond acceptors (Lipinski definition) is 3. The molecule has 0 atom stereocenters. The van der Waals surface area contributed by atoms with Gasteiger partial charge in [-0.1, -0.05) is 52.5 Å². The van der Waals surface area contributed by atoms with Crippen LogP contribution in [0.3, 0.4) is 0 Å². The van der Waals surface area contributed by atoms with Crippen LogP contribution >= 0.6 is 46.4 Å². The van der Waals surface area contributed by atoms with Gasteiger partial charge in [0, 0.05) is 20.6 Å². The van der Waals surface area contributed by atoms with Gasteiger partial charge in [0.05, 0.1) is 5.02 Å². The van der Waals surface area contributed by atoms with Crippen LogP contribution in [0.5, 0.6) is 0 Å². The molecule has 2 aromatic carbocycles. The molecule has 0 saturated carbocycles. The van der Waals surface area contributed by atoms with Gasteiger partial charge in [0.2, 0.25) is 5.78 Å². The molecular weight excluding hydrogens is 404 g/mol. The molecule has 3 rings (SSSR count). The Morgan fingerprint density at radius 2 is 1.64 bits per heavy atom. The van der Waals surface area contributed by atoms with Crippen LogP contribution in [0, 0.1) is 0 Å². The van der Waals surface area contributed by atoms with Crippen molar-refractivity contribution >= 4 is 64.0 Å². The van der Waals surface area contributed by atoms with Gasteiger partial charge in [-0.15, -0.1) is 0 Å². The van der Waals surface area contributed by atoms with Gasteiger partial charge in [-0.25, -0.2) is 9.67 Å². The average Bonchev–Trinajstić information content (AvgIpc) is 3.08. The molecule has 1 aromatic heterocycles. The summed E-state index contributed by atoms with van der Waals surface area (Å²) in [4.78, 5) is 16.9. The van der Waals surface area contributed by atoms with E-state index in [1.54, 1.807) is 36.4 Å². The van der Waals surface area contributed by atoms with Gasteiger partial charge in [0.1, 0.15) is 18.4 Å². The van der Waals surface area contributed by atoms with Gasteiger partial charge in [-0.2, -0.15) is 5.10 Å². The van der Waals surface area contributed by atoms with Crippen molar-refractivity contribution in [2.75, 3.05) is 0 Å². The normalized spacial score (nSPS) is 11.6. The molecular formula is C17H9Cl4N3O. The highest BCUT2D eigenvalue weighted by Gasteiger charge is 2.19. The summed E-state index contributed by atoms with van der Waals surface area (Å²) < 4.78 is 1.35. The molecule has 0 saturated heterocycles. The Labute approximate surface area is 163 Å². The SMILES string of the molecule is O=C(/C(=C\c1ccc(Cl)cc1Cl)n1cncn1)c1ccc(Cl)cc1Cl. The molecule has 0 aliphatic carbocycles. The van der Waals surface area contributed by atoms with Gasteiger partial charge < -0.3 is 0 Å². The van der Waals surface area contributed by atoms with Crippen LogP contribution in [-0.4, -0.2) is 20.5 Å². The first-order valence-electron chi connectivity index (χ1n) is 6.97. The van der Waals surface area contributed by atoms with Crippen molar-refractivity contribution < 1.29 is 4.79 Å². The Morgan fingerprint density at radius 3 is 2.24 bits per heavy atom. The molecule has 0 N–H and O–H groups in total. The van der Waals surface area contributed by atoms with Crippen molar-refractivity contribution in [3.8, 4) is 0 Å². The number of nitrogens with zero attached hydrogens (tertiary/aromatic N) is 3.